The predicted octanol–water partition coefficient (Wildman–Crippen LogP) is -0.424. The zero-order valence-electron chi connectivity index (χ0n) is 11.2. The Labute approximate surface area is 112 Å². The molecule has 19 heavy (non-hydrogen) atoms. The molecule has 1 aromatic heterocycles. The van der Waals surface area contributed by atoms with Gasteiger partial charge in [0.1, 0.15) is 11.4 Å². The zero-order chi connectivity index (χ0) is 14.6. The summed E-state index contributed by atoms with van der Waals surface area (Å²) in [5, 5.41) is 3.79. The molecule has 9 heteroatoms. The van der Waals surface area contributed by atoms with E-state index >= 15 is 0 Å². The van der Waals surface area contributed by atoms with Crippen molar-refractivity contribution in [2.24, 2.45) is 7.05 Å². The van der Waals surface area contributed by atoms with Gasteiger partial charge in [0, 0.05) is 19.8 Å². The lowest BCUT2D eigenvalue weighted by molar-refractivity contribution is -0.140. The van der Waals surface area contributed by atoms with E-state index in [0.29, 0.717) is 6.42 Å². The molecule has 0 unspecified atom stereocenters. The summed E-state index contributed by atoms with van der Waals surface area (Å²) in [4.78, 5) is 11.2. The van der Waals surface area contributed by atoms with Crippen molar-refractivity contribution in [3.63, 3.8) is 0 Å². The maximum atomic E-state index is 12.4. The molecule has 1 heterocycles. The summed E-state index contributed by atoms with van der Waals surface area (Å²) in [6.07, 6.45) is 1.88. The lowest BCUT2D eigenvalue weighted by Gasteiger charge is -2.19. The average molecular weight is 290 g/mol. The lowest BCUT2D eigenvalue weighted by atomic mass is 10.5. The topological polar surface area (TPSA) is 108 Å². The summed E-state index contributed by atoms with van der Waals surface area (Å²) in [6.45, 7) is 1.67. The highest BCUT2D eigenvalue weighted by Crippen LogP contribution is 2.20. The Morgan fingerprint density at radius 1 is 1.58 bits per heavy atom. The summed E-state index contributed by atoms with van der Waals surface area (Å²) in [5.41, 5.74) is 5.57. The van der Waals surface area contributed by atoms with Crippen LogP contribution in [0.5, 0.6) is 0 Å². The molecule has 0 fully saturated rings. The van der Waals surface area contributed by atoms with E-state index in [4.69, 9.17) is 5.73 Å². The van der Waals surface area contributed by atoms with Crippen molar-refractivity contribution < 1.29 is 17.9 Å². The van der Waals surface area contributed by atoms with Gasteiger partial charge in [-0.25, -0.2) is 8.42 Å². The number of ether oxygens (including phenoxy) is 1. The standard InChI is InChI=1S/C10H18N4O4S/c1-4-5-14(7-9(15)18-3)19(16,17)8-6-13(2)12-10(8)11/h6H,4-5,7H2,1-3H3,(H2,11,12). The first-order valence-electron chi connectivity index (χ1n) is 5.69. The molecule has 0 aliphatic heterocycles. The fourth-order valence-electron chi connectivity index (χ4n) is 1.56. The van der Waals surface area contributed by atoms with Crippen molar-refractivity contribution in [2.45, 2.75) is 18.2 Å². The van der Waals surface area contributed by atoms with Crippen molar-refractivity contribution in [1.82, 2.24) is 14.1 Å². The molecule has 0 radical (unpaired) electrons. The Bertz CT molecular complexity index is 552. The number of hydrogen-bond acceptors (Lipinski definition) is 6. The number of hydrogen-bond donors (Lipinski definition) is 1. The van der Waals surface area contributed by atoms with Crippen LogP contribution in [-0.2, 0) is 26.6 Å². The van der Waals surface area contributed by atoms with E-state index in [0.717, 1.165) is 4.31 Å². The van der Waals surface area contributed by atoms with Gasteiger partial charge in [-0.15, -0.1) is 0 Å². The third kappa shape index (κ3) is 3.44. The average Bonchev–Trinajstić information content (AvgIpc) is 2.68. The number of sulfonamides is 1. The van der Waals surface area contributed by atoms with Crippen molar-refractivity contribution in [3.8, 4) is 0 Å². The van der Waals surface area contributed by atoms with Crippen molar-refractivity contribution in [1.29, 1.82) is 0 Å². The Morgan fingerprint density at radius 3 is 2.63 bits per heavy atom. The smallest absolute Gasteiger partial charge is 0.321 e. The normalized spacial score (nSPS) is 11.8. The molecule has 0 aliphatic rings. The molecule has 2 N–H and O–H groups in total. The Balaban J connectivity index is 3.12. The van der Waals surface area contributed by atoms with Crippen molar-refractivity contribution in [2.75, 3.05) is 25.9 Å². The van der Waals surface area contributed by atoms with Gasteiger partial charge in [0.05, 0.1) is 7.11 Å². The summed E-state index contributed by atoms with van der Waals surface area (Å²) in [5.74, 6) is -0.715. The van der Waals surface area contributed by atoms with Gasteiger partial charge in [-0.1, -0.05) is 6.92 Å². The second-order valence-electron chi connectivity index (χ2n) is 3.97. The van der Waals surface area contributed by atoms with Gasteiger partial charge in [-0.3, -0.25) is 9.48 Å². The lowest BCUT2D eigenvalue weighted by Crippen LogP contribution is -2.37. The van der Waals surface area contributed by atoms with Crippen LogP contribution in [0, 0.1) is 0 Å². The summed E-state index contributed by atoms with van der Waals surface area (Å²) < 4.78 is 31.6. The van der Waals surface area contributed by atoms with E-state index in [2.05, 4.69) is 9.84 Å². The number of aryl methyl sites for hydroxylation is 1. The number of anilines is 1. The van der Waals surface area contributed by atoms with E-state index in [-0.39, 0.29) is 23.8 Å². The predicted molar refractivity (Wildman–Crippen MR) is 68.7 cm³/mol. The minimum atomic E-state index is -3.85. The quantitative estimate of drug-likeness (QED) is 0.713. The second kappa shape index (κ2) is 6.02. The zero-order valence-corrected chi connectivity index (χ0v) is 12.0. The summed E-state index contributed by atoms with van der Waals surface area (Å²) >= 11 is 0. The number of nitrogen functional groups attached to an aromatic ring is 1. The molecule has 108 valence electrons. The Hall–Kier alpha value is -1.61. The van der Waals surface area contributed by atoms with Crippen LogP contribution >= 0.6 is 0 Å². The number of nitrogens with zero attached hydrogens (tertiary/aromatic N) is 3. The van der Waals surface area contributed by atoms with Gasteiger partial charge < -0.3 is 10.5 Å². The number of nitrogens with two attached hydrogens (primary N) is 1. The fraction of sp³-hybridized carbons (Fsp3) is 0.600. The monoisotopic (exact) mass is 290 g/mol. The molecule has 8 nitrogen and oxygen atoms in total. The van der Waals surface area contributed by atoms with Crippen molar-refractivity contribution in [3.05, 3.63) is 6.20 Å². The highest BCUT2D eigenvalue weighted by atomic mass is 32.2. The van der Waals surface area contributed by atoms with E-state index < -0.39 is 16.0 Å². The maximum Gasteiger partial charge on any atom is 0.321 e. The van der Waals surface area contributed by atoms with Gasteiger partial charge in [0.2, 0.25) is 10.0 Å². The molecule has 1 rings (SSSR count). The van der Waals surface area contributed by atoms with Gasteiger partial charge in [0.15, 0.2) is 5.82 Å². The summed E-state index contributed by atoms with van der Waals surface area (Å²) in [6, 6.07) is 0. The van der Waals surface area contributed by atoms with Crippen molar-refractivity contribution >= 4 is 21.8 Å². The minimum absolute atomic E-state index is 0.0894. The van der Waals surface area contributed by atoms with Crippen LogP contribution in [0.1, 0.15) is 13.3 Å². The number of esters is 1. The molecular formula is C10H18N4O4S. The van der Waals surface area contributed by atoms with E-state index in [1.807, 2.05) is 6.92 Å². The number of aromatic nitrogens is 2. The number of carbonyl (C=O) groups is 1. The molecule has 0 atom stereocenters. The van der Waals surface area contributed by atoms with Gasteiger partial charge in [0.25, 0.3) is 0 Å². The third-order valence-corrected chi connectivity index (χ3v) is 4.31. The first-order valence-corrected chi connectivity index (χ1v) is 7.13. The Kier molecular flexibility index (Phi) is 4.90. The molecule has 0 aliphatic carbocycles. The largest absolute Gasteiger partial charge is 0.468 e. The minimum Gasteiger partial charge on any atom is -0.468 e. The van der Waals surface area contributed by atoms with Crippen LogP contribution < -0.4 is 5.73 Å². The van der Waals surface area contributed by atoms with Crippen LogP contribution in [-0.4, -0.2) is 48.7 Å². The van der Waals surface area contributed by atoms with Gasteiger partial charge >= 0.3 is 5.97 Å². The van der Waals surface area contributed by atoms with Crippen LogP contribution in [0.15, 0.2) is 11.1 Å². The van der Waals surface area contributed by atoms with Gasteiger partial charge in [-0.05, 0) is 6.42 Å². The van der Waals surface area contributed by atoms with Gasteiger partial charge in [-0.2, -0.15) is 9.40 Å². The van der Waals surface area contributed by atoms with Crippen LogP contribution in [0.4, 0.5) is 5.82 Å². The number of methoxy groups -OCH3 is 1. The number of carbonyl (C=O) groups excluding carboxylic acids is 1. The molecule has 0 aromatic carbocycles. The molecule has 0 saturated carbocycles. The molecule has 0 amide bonds. The number of rotatable bonds is 6. The van der Waals surface area contributed by atoms with E-state index in [1.165, 1.54) is 18.0 Å². The van der Waals surface area contributed by atoms with E-state index in [1.54, 1.807) is 7.05 Å². The van der Waals surface area contributed by atoms with Crippen LogP contribution in [0.25, 0.3) is 0 Å². The highest BCUT2D eigenvalue weighted by molar-refractivity contribution is 7.89. The molecular weight excluding hydrogens is 272 g/mol. The maximum absolute atomic E-state index is 12.4. The summed E-state index contributed by atoms with van der Waals surface area (Å²) in [7, 11) is -1.08. The fourth-order valence-corrected chi connectivity index (χ4v) is 3.13. The SMILES string of the molecule is CCCN(CC(=O)OC)S(=O)(=O)c1cn(C)nc1N. The molecule has 0 saturated heterocycles. The molecule has 1 aromatic rings. The first-order chi connectivity index (χ1) is 8.82. The third-order valence-electron chi connectivity index (χ3n) is 2.45. The Morgan fingerprint density at radius 2 is 2.21 bits per heavy atom. The van der Waals surface area contributed by atoms with Crippen LogP contribution in [0.3, 0.4) is 0 Å². The molecule has 0 bridgehead atoms. The van der Waals surface area contributed by atoms with E-state index in [9.17, 15) is 13.2 Å². The highest BCUT2D eigenvalue weighted by Gasteiger charge is 2.29. The molecule has 0 spiro atoms. The second-order valence-corrected chi connectivity index (χ2v) is 5.87. The first kappa shape index (κ1) is 15.4. The van der Waals surface area contributed by atoms with Crippen LogP contribution in [0.2, 0.25) is 0 Å².